The van der Waals surface area contributed by atoms with Crippen molar-refractivity contribution in [2.45, 2.75) is 23.8 Å². The fraction of sp³-hybridized carbons (Fsp3) is 0.238. The Morgan fingerprint density at radius 1 is 1.00 bits per heavy atom. The fourth-order valence-electron chi connectivity index (χ4n) is 2.67. The Morgan fingerprint density at radius 3 is 2.12 bits per heavy atom. The first-order chi connectivity index (χ1) is 15.4. The SMILES string of the molecule is CC(CNC(=O)CCNC(=O)c1ccc(C(=N)N)cc1)(NS(=O)(=O)c1ccccc1)C(=O)O. The lowest BCUT2D eigenvalue weighted by Gasteiger charge is -2.26. The molecule has 2 amide bonds. The number of carboxylic acids is 1. The van der Waals surface area contributed by atoms with Gasteiger partial charge in [0, 0.05) is 30.6 Å². The zero-order valence-corrected chi connectivity index (χ0v) is 18.6. The van der Waals surface area contributed by atoms with Crippen molar-refractivity contribution in [3.63, 3.8) is 0 Å². The molecule has 7 N–H and O–H groups in total. The predicted molar refractivity (Wildman–Crippen MR) is 120 cm³/mol. The van der Waals surface area contributed by atoms with Crippen LogP contribution in [0.2, 0.25) is 0 Å². The summed E-state index contributed by atoms with van der Waals surface area (Å²) in [6.07, 6.45) is -0.154. The predicted octanol–water partition coefficient (Wildman–Crippen LogP) is 0.0286. The van der Waals surface area contributed by atoms with Gasteiger partial charge in [-0.3, -0.25) is 19.8 Å². The minimum absolute atomic E-state index is 0.0291. The number of aliphatic carboxylic acids is 1. The summed E-state index contributed by atoms with van der Waals surface area (Å²) in [4.78, 5) is 35.8. The van der Waals surface area contributed by atoms with E-state index in [0.29, 0.717) is 11.1 Å². The van der Waals surface area contributed by atoms with Gasteiger partial charge in [-0.1, -0.05) is 30.3 Å². The maximum absolute atomic E-state index is 12.5. The summed E-state index contributed by atoms with van der Waals surface area (Å²) in [5.74, 6) is -2.61. The van der Waals surface area contributed by atoms with Crippen molar-refractivity contribution in [1.82, 2.24) is 15.4 Å². The smallest absolute Gasteiger partial charge is 0.326 e. The first kappa shape index (κ1) is 25.5. The number of sulfonamides is 1. The molecule has 2 rings (SSSR count). The van der Waals surface area contributed by atoms with Crippen LogP contribution in [0.4, 0.5) is 0 Å². The molecule has 11 nitrogen and oxygen atoms in total. The van der Waals surface area contributed by atoms with Crippen LogP contribution in [0.5, 0.6) is 0 Å². The number of benzene rings is 2. The molecule has 0 fully saturated rings. The van der Waals surface area contributed by atoms with Gasteiger partial charge >= 0.3 is 5.97 Å². The van der Waals surface area contributed by atoms with Gasteiger partial charge in [-0.25, -0.2) is 8.42 Å². The molecule has 12 heteroatoms. The van der Waals surface area contributed by atoms with E-state index in [1.165, 1.54) is 48.5 Å². The van der Waals surface area contributed by atoms with Crippen molar-refractivity contribution in [2.24, 2.45) is 5.73 Å². The van der Waals surface area contributed by atoms with Crippen LogP contribution in [0.3, 0.4) is 0 Å². The number of amides is 2. The van der Waals surface area contributed by atoms with E-state index in [1.807, 2.05) is 0 Å². The highest BCUT2D eigenvalue weighted by Gasteiger charge is 2.38. The van der Waals surface area contributed by atoms with Crippen molar-refractivity contribution in [3.05, 3.63) is 65.7 Å². The molecule has 33 heavy (non-hydrogen) atoms. The standard InChI is InChI=1S/C21H25N5O6S/c1-21(20(29)30,26-33(31,32)16-5-3-2-4-6-16)13-25-17(27)11-12-24-19(28)15-9-7-14(8-10-15)18(22)23/h2-10,26H,11-13H2,1H3,(H3,22,23)(H,24,28)(H,25,27)(H,29,30). The Hall–Kier alpha value is -3.77. The monoisotopic (exact) mass is 475 g/mol. The summed E-state index contributed by atoms with van der Waals surface area (Å²) in [6.45, 7) is 0.606. The number of carboxylic acid groups (broad SMARTS) is 1. The fourth-order valence-corrected chi connectivity index (χ4v) is 4.05. The number of hydrogen-bond donors (Lipinski definition) is 6. The normalized spacial score (nSPS) is 12.9. The lowest BCUT2D eigenvalue weighted by Crippen LogP contribution is -2.58. The highest BCUT2D eigenvalue weighted by atomic mass is 32.2. The number of carbonyl (C=O) groups is 3. The van der Waals surface area contributed by atoms with E-state index in [1.54, 1.807) is 6.07 Å². The summed E-state index contributed by atoms with van der Waals surface area (Å²) >= 11 is 0. The quantitative estimate of drug-likeness (QED) is 0.195. The van der Waals surface area contributed by atoms with Crippen LogP contribution in [0.25, 0.3) is 0 Å². The average Bonchev–Trinajstić information content (AvgIpc) is 2.78. The first-order valence-corrected chi connectivity index (χ1v) is 11.2. The van der Waals surface area contributed by atoms with E-state index in [9.17, 15) is 27.9 Å². The minimum Gasteiger partial charge on any atom is -0.480 e. The number of nitrogen functional groups attached to an aromatic ring is 1. The maximum Gasteiger partial charge on any atom is 0.326 e. The summed E-state index contributed by atoms with van der Waals surface area (Å²) in [5, 5.41) is 21.8. The van der Waals surface area contributed by atoms with Gasteiger partial charge < -0.3 is 21.5 Å². The molecule has 0 aliphatic carbocycles. The molecule has 0 aromatic heterocycles. The molecule has 0 spiro atoms. The average molecular weight is 476 g/mol. The largest absolute Gasteiger partial charge is 0.480 e. The molecule has 0 bridgehead atoms. The third-order valence-electron chi connectivity index (χ3n) is 4.62. The van der Waals surface area contributed by atoms with Gasteiger partial charge in [-0.2, -0.15) is 4.72 Å². The van der Waals surface area contributed by atoms with Gasteiger partial charge in [0.15, 0.2) is 0 Å². The first-order valence-electron chi connectivity index (χ1n) is 9.76. The number of nitrogens with two attached hydrogens (primary N) is 1. The molecule has 0 saturated carbocycles. The van der Waals surface area contributed by atoms with E-state index in [4.69, 9.17) is 11.1 Å². The molecule has 0 heterocycles. The second-order valence-electron chi connectivity index (χ2n) is 7.33. The van der Waals surface area contributed by atoms with Crippen LogP contribution >= 0.6 is 0 Å². The van der Waals surface area contributed by atoms with Crippen LogP contribution in [0.1, 0.15) is 29.3 Å². The van der Waals surface area contributed by atoms with Crippen molar-refractivity contribution < 1.29 is 27.9 Å². The molecular formula is C21H25N5O6S. The van der Waals surface area contributed by atoms with Crippen LogP contribution in [-0.4, -0.2) is 55.8 Å². The van der Waals surface area contributed by atoms with Gasteiger partial charge in [-0.05, 0) is 31.2 Å². The third-order valence-corrected chi connectivity index (χ3v) is 6.23. The van der Waals surface area contributed by atoms with E-state index in [0.717, 1.165) is 6.92 Å². The highest BCUT2D eigenvalue weighted by Crippen LogP contribution is 2.13. The number of rotatable bonds is 11. The summed E-state index contributed by atoms with van der Waals surface area (Å²) in [5.41, 5.74) is 4.15. The third kappa shape index (κ3) is 7.12. The van der Waals surface area contributed by atoms with Gasteiger partial charge in [-0.15, -0.1) is 0 Å². The van der Waals surface area contributed by atoms with E-state index < -0.39 is 39.9 Å². The summed E-state index contributed by atoms with van der Waals surface area (Å²) in [6, 6.07) is 13.3. The molecule has 176 valence electrons. The van der Waals surface area contributed by atoms with Gasteiger partial charge in [0.05, 0.1) is 4.90 Å². The van der Waals surface area contributed by atoms with Crippen molar-refractivity contribution in [2.75, 3.05) is 13.1 Å². The lowest BCUT2D eigenvalue weighted by atomic mass is 10.1. The molecular weight excluding hydrogens is 450 g/mol. The Kier molecular flexibility index (Phi) is 8.26. The maximum atomic E-state index is 12.5. The molecule has 0 aliphatic rings. The number of carbonyl (C=O) groups excluding carboxylic acids is 2. The van der Waals surface area contributed by atoms with Gasteiger partial charge in [0.25, 0.3) is 5.91 Å². The molecule has 1 atom stereocenters. The van der Waals surface area contributed by atoms with Gasteiger partial charge in [0.1, 0.15) is 11.4 Å². The van der Waals surface area contributed by atoms with Crippen LogP contribution in [-0.2, 0) is 19.6 Å². The number of nitrogens with one attached hydrogen (secondary N) is 4. The zero-order valence-electron chi connectivity index (χ0n) is 17.8. The van der Waals surface area contributed by atoms with Crippen LogP contribution in [0, 0.1) is 5.41 Å². The number of amidine groups is 1. The van der Waals surface area contributed by atoms with Gasteiger partial charge in [0.2, 0.25) is 15.9 Å². The zero-order chi connectivity index (χ0) is 24.6. The highest BCUT2D eigenvalue weighted by molar-refractivity contribution is 7.89. The molecule has 1 unspecified atom stereocenters. The van der Waals surface area contributed by atoms with Crippen molar-refractivity contribution in [3.8, 4) is 0 Å². The van der Waals surface area contributed by atoms with E-state index in [2.05, 4.69) is 15.4 Å². The van der Waals surface area contributed by atoms with Crippen molar-refractivity contribution in [1.29, 1.82) is 5.41 Å². The number of hydrogen-bond acceptors (Lipinski definition) is 6. The summed E-state index contributed by atoms with van der Waals surface area (Å²) in [7, 11) is -4.14. The minimum atomic E-state index is -4.14. The van der Waals surface area contributed by atoms with Crippen molar-refractivity contribution >= 4 is 33.6 Å². The molecule has 0 saturated heterocycles. The molecule has 2 aromatic rings. The summed E-state index contributed by atoms with van der Waals surface area (Å²) < 4.78 is 27.1. The van der Waals surface area contributed by atoms with Crippen LogP contribution < -0.4 is 21.1 Å². The Labute approximate surface area is 190 Å². The van der Waals surface area contributed by atoms with E-state index in [-0.39, 0.29) is 23.7 Å². The molecule has 0 aliphatic heterocycles. The Balaban J connectivity index is 1.88. The Morgan fingerprint density at radius 2 is 1.58 bits per heavy atom. The van der Waals surface area contributed by atoms with Crippen LogP contribution in [0.15, 0.2) is 59.5 Å². The second kappa shape index (κ2) is 10.7. The topological polar surface area (TPSA) is 192 Å². The molecule has 2 aromatic carbocycles. The molecule has 0 radical (unpaired) electrons. The van der Waals surface area contributed by atoms with E-state index >= 15 is 0 Å². The lowest BCUT2D eigenvalue weighted by molar-refractivity contribution is -0.143. The second-order valence-corrected chi connectivity index (χ2v) is 9.01. The Bertz CT molecular complexity index is 1140.